The lowest BCUT2D eigenvalue weighted by molar-refractivity contribution is 1.11. The lowest BCUT2D eigenvalue weighted by atomic mass is 9.48. The van der Waals surface area contributed by atoms with Gasteiger partial charge in [0.05, 0.1) is 0 Å². The maximum absolute atomic E-state index is 2.31. The standard InChI is InChI=1S/C12H20BN/c1-6-10-7-8-11(14(4)5)9-12(10)13(2)3/h7-9H,6H2,1-5H3. The van der Waals surface area contributed by atoms with Gasteiger partial charge in [0.15, 0.2) is 6.71 Å². The smallest absolute Gasteiger partial charge is 0.170 e. The Kier molecular flexibility index (Phi) is 3.62. The normalized spacial score (nSPS) is 10.1. The summed E-state index contributed by atoms with van der Waals surface area (Å²) in [5.74, 6) is 0. The summed E-state index contributed by atoms with van der Waals surface area (Å²) in [6.45, 7) is 7.35. The molecule has 0 aromatic heterocycles. The van der Waals surface area contributed by atoms with Crippen LogP contribution in [0.5, 0.6) is 0 Å². The van der Waals surface area contributed by atoms with Gasteiger partial charge < -0.3 is 4.90 Å². The van der Waals surface area contributed by atoms with Crippen LogP contribution >= 0.6 is 0 Å². The van der Waals surface area contributed by atoms with E-state index in [1.807, 2.05) is 0 Å². The van der Waals surface area contributed by atoms with Crippen LogP contribution < -0.4 is 10.4 Å². The van der Waals surface area contributed by atoms with Gasteiger partial charge in [0, 0.05) is 19.8 Å². The Labute approximate surface area is 88.2 Å². The maximum Gasteiger partial charge on any atom is 0.170 e. The molecule has 14 heavy (non-hydrogen) atoms. The quantitative estimate of drug-likeness (QED) is 0.659. The zero-order valence-electron chi connectivity index (χ0n) is 9.96. The number of hydrogen-bond acceptors (Lipinski definition) is 1. The summed E-state index contributed by atoms with van der Waals surface area (Å²) in [6.07, 6.45) is 1.13. The number of anilines is 1. The van der Waals surface area contributed by atoms with Gasteiger partial charge in [0.1, 0.15) is 0 Å². The molecule has 1 aromatic carbocycles. The predicted octanol–water partition coefficient (Wildman–Crippen LogP) is 2.28. The van der Waals surface area contributed by atoms with E-state index in [1.54, 1.807) is 0 Å². The molecule has 1 nitrogen and oxygen atoms in total. The minimum Gasteiger partial charge on any atom is -0.378 e. The van der Waals surface area contributed by atoms with Crippen molar-refractivity contribution in [3.63, 3.8) is 0 Å². The molecule has 76 valence electrons. The van der Waals surface area contributed by atoms with Gasteiger partial charge in [-0.25, -0.2) is 0 Å². The van der Waals surface area contributed by atoms with Crippen molar-refractivity contribution in [3.05, 3.63) is 23.8 Å². The number of hydrogen-bond donors (Lipinski definition) is 0. The van der Waals surface area contributed by atoms with Crippen molar-refractivity contribution in [2.24, 2.45) is 0 Å². The molecule has 0 aliphatic carbocycles. The average Bonchev–Trinajstić information content (AvgIpc) is 2.16. The third-order valence-electron chi connectivity index (χ3n) is 2.65. The molecule has 0 aliphatic heterocycles. The van der Waals surface area contributed by atoms with Gasteiger partial charge in [-0.15, -0.1) is 0 Å². The third kappa shape index (κ3) is 2.31. The van der Waals surface area contributed by atoms with E-state index in [0.717, 1.165) is 6.42 Å². The van der Waals surface area contributed by atoms with E-state index >= 15 is 0 Å². The third-order valence-corrected chi connectivity index (χ3v) is 2.65. The molecule has 0 heterocycles. The van der Waals surface area contributed by atoms with Crippen molar-refractivity contribution in [3.8, 4) is 0 Å². The van der Waals surface area contributed by atoms with Gasteiger partial charge in [0.25, 0.3) is 0 Å². The van der Waals surface area contributed by atoms with E-state index in [-0.39, 0.29) is 0 Å². The highest BCUT2D eigenvalue weighted by Gasteiger charge is 2.09. The van der Waals surface area contributed by atoms with Crippen LogP contribution in [0.2, 0.25) is 13.6 Å². The van der Waals surface area contributed by atoms with Crippen molar-refractivity contribution in [1.82, 2.24) is 0 Å². The second kappa shape index (κ2) is 4.54. The van der Waals surface area contributed by atoms with Gasteiger partial charge in [-0.3, -0.25) is 0 Å². The Bertz CT molecular complexity index is 305. The van der Waals surface area contributed by atoms with Crippen LogP contribution in [-0.2, 0) is 6.42 Å². The van der Waals surface area contributed by atoms with Gasteiger partial charge in [-0.2, -0.15) is 0 Å². The summed E-state index contributed by atoms with van der Waals surface area (Å²) in [5, 5.41) is 0. The first-order chi connectivity index (χ1) is 6.56. The fourth-order valence-electron chi connectivity index (χ4n) is 1.72. The second-order valence-electron chi connectivity index (χ2n) is 4.29. The predicted molar refractivity (Wildman–Crippen MR) is 67.3 cm³/mol. The molecule has 0 unspecified atom stereocenters. The largest absolute Gasteiger partial charge is 0.378 e. The maximum atomic E-state index is 2.31. The molecule has 2 heteroatoms. The van der Waals surface area contributed by atoms with E-state index < -0.39 is 0 Å². The van der Waals surface area contributed by atoms with Crippen LogP contribution in [0.3, 0.4) is 0 Å². The van der Waals surface area contributed by atoms with Crippen molar-refractivity contribution >= 4 is 17.9 Å². The highest BCUT2D eigenvalue weighted by molar-refractivity contribution is 6.71. The highest BCUT2D eigenvalue weighted by atomic mass is 15.1. The summed E-state index contributed by atoms with van der Waals surface area (Å²) < 4.78 is 0. The lowest BCUT2D eigenvalue weighted by Crippen LogP contribution is -2.27. The second-order valence-corrected chi connectivity index (χ2v) is 4.29. The van der Waals surface area contributed by atoms with E-state index in [1.165, 1.54) is 16.7 Å². The van der Waals surface area contributed by atoms with E-state index in [2.05, 4.69) is 57.8 Å². The fraction of sp³-hybridized carbons (Fsp3) is 0.500. The Morgan fingerprint density at radius 1 is 1.21 bits per heavy atom. The van der Waals surface area contributed by atoms with E-state index in [4.69, 9.17) is 0 Å². The Hall–Kier alpha value is -0.915. The van der Waals surface area contributed by atoms with Crippen molar-refractivity contribution in [2.75, 3.05) is 19.0 Å². The highest BCUT2D eigenvalue weighted by Crippen LogP contribution is 2.12. The molecule has 0 aliphatic rings. The number of rotatable bonds is 3. The average molecular weight is 189 g/mol. The summed E-state index contributed by atoms with van der Waals surface area (Å²) in [5.41, 5.74) is 4.26. The minimum atomic E-state index is 0.616. The van der Waals surface area contributed by atoms with Gasteiger partial charge >= 0.3 is 0 Å². The number of nitrogens with zero attached hydrogens (tertiary/aromatic N) is 1. The Morgan fingerprint density at radius 3 is 2.29 bits per heavy atom. The first kappa shape index (κ1) is 11.2. The van der Waals surface area contributed by atoms with E-state index in [9.17, 15) is 0 Å². The molecule has 0 spiro atoms. The molecule has 0 saturated heterocycles. The number of benzene rings is 1. The molecule has 0 atom stereocenters. The molecule has 0 bridgehead atoms. The van der Waals surface area contributed by atoms with Crippen LogP contribution in [0.15, 0.2) is 18.2 Å². The lowest BCUT2D eigenvalue weighted by Gasteiger charge is -2.17. The van der Waals surface area contributed by atoms with Crippen LogP contribution in [0.1, 0.15) is 12.5 Å². The summed E-state index contributed by atoms with van der Waals surface area (Å²) in [6, 6.07) is 6.76. The minimum absolute atomic E-state index is 0.616. The molecular formula is C12H20BN. The van der Waals surface area contributed by atoms with Crippen LogP contribution in [0.25, 0.3) is 0 Å². The van der Waals surface area contributed by atoms with E-state index in [0.29, 0.717) is 6.71 Å². The first-order valence-corrected chi connectivity index (χ1v) is 5.36. The van der Waals surface area contributed by atoms with Gasteiger partial charge in [0.2, 0.25) is 0 Å². The van der Waals surface area contributed by atoms with Gasteiger partial charge in [-0.05, 0) is 18.6 Å². The van der Waals surface area contributed by atoms with Crippen LogP contribution in [0.4, 0.5) is 5.69 Å². The molecular weight excluding hydrogens is 169 g/mol. The summed E-state index contributed by atoms with van der Waals surface area (Å²) in [4.78, 5) is 2.16. The zero-order chi connectivity index (χ0) is 10.7. The molecule has 0 radical (unpaired) electrons. The van der Waals surface area contributed by atoms with Crippen LogP contribution in [0, 0.1) is 0 Å². The van der Waals surface area contributed by atoms with Crippen LogP contribution in [-0.4, -0.2) is 20.8 Å². The molecule has 1 aromatic rings. The fourth-order valence-corrected chi connectivity index (χ4v) is 1.72. The molecule has 0 saturated carbocycles. The van der Waals surface area contributed by atoms with Gasteiger partial charge in [-0.1, -0.05) is 37.7 Å². The molecule has 0 N–H and O–H groups in total. The Morgan fingerprint density at radius 2 is 1.86 bits per heavy atom. The summed E-state index contributed by atoms with van der Waals surface area (Å²) >= 11 is 0. The SMILES string of the molecule is CCc1ccc(N(C)C)cc1B(C)C. The molecule has 0 fully saturated rings. The topological polar surface area (TPSA) is 3.24 Å². The first-order valence-electron chi connectivity index (χ1n) is 5.36. The molecule has 0 amide bonds. The number of aryl methyl sites for hydroxylation is 1. The van der Waals surface area contributed by atoms with Crippen molar-refractivity contribution < 1.29 is 0 Å². The van der Waals surface area contributed by atoms with Crippen molar-refractivity contribution in [1.29, 1.82) is 0 Å². The Balaban J connectivity index is 3.14. The van der Waals surface area contributed by atoms with Crippen molar-refractivity contribution in [2.45, 2.75) is 27.0 Å². The monoisotopic (exact) mass is 189 g/mol. The molecule has 1 rings (SSSR count). The summed E-state index contributed by atoms with van der Waals surface area (Å²) in [7, 11) is 4.18. The zero-order valence-corrected chi connectivity index (χ0v) is 9.96.